The van der Waals surface area contributed by atoms with Crippen LogP contribution in [0.3, 0.4) is 0 Å². The van der Waals surface area contributed by atoms with Crippen LogP contribution >= 0.6 is 0 Å². The van der Waals surface area contributed by atoms with Crippen LogP contribution in [0.5, 0.6) is 0 Å². The topological polar surface area (TPSA) is 16.1 Å². The molecule has 10 aromatic rings. The van der Waals surface area contributed by atoms with Crippen molar-refractivity contribution in [3.63, 3.8) is 0 Å². The molecule has 1 aliphatic rings. The van der Waals surface area contributed by atoms with Gasteiger partial charge >= 0.3 is 0 Å². The molecule has 0 aliphatic carbocycles. The average Bonchev–Trinajstić information content (AvgIpc) is 3.66. The third-order valence-corrected chi connectivity index (χ3v) is 17.3. The molecule has 2 heterocycles. The van der Waals surface area contributed by atoms with Crippen LogP contribution in [0.25, 0.3) is 55.8 Å². The van der Waals surface area contributed by atoms with Gasteiger partial charge in [-0.3, -0.25) is 4.98 Å². The monoisotopic (exact) mass is 806 g/mol. The Morgan fingerprint density at radius 3 is 1.18 bits per heavy atom. The number of nitrogens with zero attached hydrogens (tertiary/aromatic N) is 2. The molecule has 9 aromatic carbocycles. The fourth-order valence-electron chi connectivity index (χ4n) is 9.47. The van der Waals surface area contributed by atoms with Gasteiger partial charge in [0.2, 0.25) is 0 Å². The molecule has 62 heavy (non-hydrogen) atoms. The number of rotatable bonds is 9. The molecular weight excluding hydrogens is 765 g/mol. The summed E-state index contributed by atoms with van der Waals surface area (Å²) in [5, 5.41) is 5.49. The maximum absolute atomic E-state index is 5.03. The van der Waals surface area contributed by atoms with Crippen molar-refractivity contribution in [1.29, 1.82) is 0 Å². The smallest absolute Gasteiger partial charge is 0.182 e. The molecule has 0 bridgehead atoms. The number of pyridine rings is 1. The van der Waals surface area contributed by atoms with Gasteiger partial charge in [-0.2, -0.15) is 0 Å². The van der Waals surface area contributed by atoms with Crippen LogP contribution in [0, 0.1) is 0 Å². The lowest BCUT2D eigenvalue weighted by molar-refractivity contribution is 1.28. The quantitative estimate of drug-likeness (QED) is 0.135. The fraction of sp³-hybridized carbons (Fsp3) is 0. The van der Waals surface area contributed by atoms with E-state index in [1.54, 1.807) is 0 Å². The summed E-state index contributed by atoms with van der Waals surface area (Å²) in [5.41, 5.74) is 15.2. The highest BCUT2D eigenvalue weighted by atomic mass is 28.3. The second-order valence-electron chi connectivity index (χ2n) is 15.9. The van der Waals surface area contributed by atoms with E-state index in [-0.39, 0.29) is 0 Å². The molecule has 11 rings (SSSR count). The fourth-order valence-corrected chi connectivity index (χ4v) is 14.6. The Kier molecular flexibility index (Phi) is 9.57. The first-order valence-corrected chi connectivity index (χ1v) is 23.3. The van der Waals surface area contributed by atoms with Crippen LogP contribution in [0.4, 0.5) is 17.1 Å². The van der Waals surface area contributed by atoms with E-state index in [1.807, 2.05) is 6.20 Å². The maximum atomic E-state index is 5.03. The summed E-state index contributed by atoms with van der Waals surface area (Å²) in [7, 11) is -2.65. The van der Waals surface area contributed by atoms with Crippen molar-refractivity contribution < 1.29 is 0 Å². The van der Waals surface area contributed by atoms with Crippen LogP contribution < -0.4 is 25.6 Å². The standard InChI is InChI=1S/C59H42N2Si/c1-5-15-43(16-6-1)45-26-33-51(34-27-45)61(52-35-28-46(29-36-52)44-17-7-2-8-18-44)53-37-30-47(31-38-53)48-19-13-20-49(41-48)50-32-39-56-58(42-50)62(54-21-9-3-10-22-54,55-23-11-4-12-24-55)57-25-14-40-60-59(56)57/h1-42H. The van der Waals surface area contributed by atoms with E-state index in [4.69, 9.17) is 4.98 Å². The lowest BCUT2D eigenvalue weighted by Crippen LogP contribution is -2.72. The van der Waals surface area contributed by atoms with Crippen molar-refractivity contribution in [2.45, 2.75) is 0 Å². The van der Waals surface area contributed by atoms with Gasteiger partial charge in [0.15, 0.2) is 8.07 Å². The van der Waals surface area contributed by atoms with Gasteiger partial charge in [-0.25, -0.2) is 0 Å². The molecule has 0 spiro atoms. The van der Waals surface area contributed by atoms with Gasteiger partial charge in [0, 0.05) is 28.8 Å². The second kappa shape index (κ2) is 16.0. The van der Waals surface area contributed by atoms with Gasteiger partial charge in [-0.1, -0.05) is 200 Å². The van der Waals surface area contributed by atoms with Crippen molar-refractivity contribution in [3.8, 4) is 55.8 Å². The first kappa shape index (κ1) is 37.2. The maximum Gasteiger partial charge on any atom is 0.182 e. The predicted octanol–water partition coefficient (Wildman–Crippen LogP) is 12.6. The molecule has 0 atom stereocenters. The minimum absolute atomic E-state index is 1.10. The summed E-state index contributed by atoms with van der Waals surface area (Å²) in [6.07, 6.45) is 1.94. The van der Waals surface area contributed by atoms with Crippen LogP contribution in [-0.2, 0) is 0 Å². The van der Waals surface area contributed by atoms with E-state index in [0.717, 1.165) is 22.8 Å². The van der Waals surface area contributed by atoms with Crippen molar-refractivity contribution in [2.24, 2.45) is 0 Å². The highest BCUT2D eigenvalue weighted by molar-refractivity contribution is 7.22. The zero-order valence-electron chi connectivity index (χ0n) is 34.1. The number of benzene rings is 9. The van der Waals surface area contributed by atoms with Gasteiger partial charge in [-0.05, 0) is 114 Å². The summed E-state index contributed by atoms with van der Waals surface area (Å²) >= 11 is 0. The lowest BCUT2D eigenvalue weighted by atomic mass is 9.97. The Morgan fingerprint density at radius 2 is 0.677 bits per heavy atom. The average molecular weight is 807 g/mol. The van der Waals surface area contributed by atoms with E-state index < -0.39 is 8.07 Å². The van der Waals surface area contributed by atoms with Crippen LogP contribution in [0.1, 0.15) is 0 Å². The summed E-state index contributed by atoms with van der Waals surface area (Å²) in [4.78, 5) is 7.37. The van der Waals surface area contributed by atoms with E-state index >= 15 is 0 Å². The number of hydrogen-bond acceptors (Lipinski definition) is 2. The van der Waals surface area contributed by atoms with Gasteiger partial charge in [0.05, 0.1) is 5.69 Å². The predicted molar refractivity (Wildman–Crippen MR) is 263 cm³/mol. The van der Waals surface area contributed by atoms with E-state index in [1.165, 1.54) is 70.8 Å². The van der Waals surface area contributed by atoms with Gasteiger partial charge in [0.25, 0.3) is 0 Å². The van der Waals surface area contributed by atoms with Crippen molar-refractivity contribution in [2.75, 3.05) is 4.90 Å². The minimum atomic E-state index is -2.65. The van der Waals surface area contributed by atoms with E-state index in [0.29, 0.717) is 0 Å². The van der Waals surface area contributed by atoms with Crippen molar-refractivity contribution in [3.05, 3.63) is 255 Å². The molecule has 292 valence electrons. The molecule has 0 N–H and O–H groups in total. The van der Waals surface area contributed by atoms with Crippen LogP contribution in [0.2, 0.25) is 0 Å². The van der Waals surface area contributed by atoms with Gasteiger partial charge in [-0.15, -0.1) is 0 Å². The van der Waals surface area contributed by atoms with Crippen LogP contribution in [0.15, 0.2) is 255 Å². The molecule has 0 fully saturated rings. The Hall–Kier alpha value is -7.85. The zero-order valence-corrected chi connectivity index (χ0v) is 35.1. The molecule has 1 aromatic heterocycles. The summed E-state index contributed by atoms with van der Waals surface area (Å²) in [6, 6.07) is 90.7. The molecule has 3 heteroatoms. The summed E-state index contributed by atoms with van der Waals surface area (Å²) in [6.45, 7) is 0. The van der Waals surface area contributed by atoms with Crippen molar-refractivity contribution >= 4 is 45.9 Å². The first-order chi connectivity index (χ1) is 30.7. The van der Waals surface area contributed by atoms with Gasteiger partial charge in [0.1, 0.15) is 0 Å². The number of aromatic nitrogens is 1. The molecule has 2 nitrogen and oxygen atoms in total. The third kappa shape index (κ3) is 6.57. The number of fused-ring (bicyclic) bond motifs is 3. The molecule has 0 radical (unpaired) electrons. The Labute approximate surface area is 364 Å². The summed E-state index contributed by atoms with van der Waals surface area (Å²) in [5.74, 6) is 0. The normalized spacial score (nSPS) is 12.3. The third-order valence-electron chi connectivity index (χ3n) is 12.4. The summed E-state index contributed by atoms with van der Waals surface area (Å²) < 4.78 is 0. The first-order valence-electron chi connectivity index (χ1n) is 21.3. The Balaban J connectivity index is 0.961. The lowest BCUT2D eigenvalue weighted by Gasteiger charge is -2.31. The van der Waals surface area contributed by atoms with E-state index in [9.17, 15) is 0 Å². The highest BCUT2D eigenvalue weighted by Crippen LogP contribution is 2.38. The SMILES string of the molecule is c1ccc(-c2ccc(N(c3ccc(-c4ccccc4)cc3)c3ccc(-c4cccc(-c5ccc6c(c5)[Si](c5ccccc5)(c5ccccc5)c5cccnc5-6)c4)cc3)cc2)cc1. The van der Waals surface area contributed by atoms with Crippen molar-refractivity contribution in [1.82, 2.24) is 4.98 Å². The zero-order chi connectivity index (χ0) is 41.3. The second-order valence-corrected chi connectivity index (χ2v) is 19.7. The molecule has 0 saturated heterocycles. The number of anilines is 3. The molecule has 0 amide bonds. The van der Waals surface area contributed by atoms with E-state index in [2.05, 4.69) is 254 Å². The Morgan fingerprint density at radius 1 is 0.290 bits per heavy atom. The number of hydrogen-bond donors (Lipinski definition) is 0. The Bertz CT molecular complexity index is 3010. The molecule has 0 saturated carbocycles. The molecule has 0 unspecified atom stereocenters. The van der Waals surface area contributed by atoms with Gasteiger partial charge < -0.3 is 4.90 Å². The molecular formula is C59H42N2Si. The minimum Gasteiger partial charge on any atom is -0.311 e. The largest absolute Gasteiger partial charge is 0.311 e. The molecule has 1 aliphatic heterocycles. The van der Waals surface area contributed by atoms with Crippen LogP contribution in [-0.4, -0.2) is 13.1 Å². The highest BCUT2D eigenvalue weighted by Gasteiger charge is 2.49.